The molecule has 4 nitrogen and oxygen atoms in total. The SMILES string of the molecule is S=C(Oc1cc(Cl)ccn1)Oc1cc(Cl)ccn1. The van der Waals surface area contributed by atoms with Crippen LogP contribution in [0.2, 0.25) is 10.0 Å². The highest BCUT2D eigenvalue weighted by atomic mass is 35.5. The summed E-state index contributed by atoms with van der Waals surface area (Å²) in [5, 5.41) is 0.840. The molecule has 92 valence electrons. The molecule has 0 radical (unpaired) electrons. The fourth-order valence-corrected chi connectivity index (χ4v) is 1.54. The van der Waals surface area contributed by atoms with E-state index in [4.69, 9.17) is 44.9 Å². The highest BCUT2D eigenvalue weighted by molar-refractivity contribution is 7.79. The molecule has 0 aliphatic carbocycles. The molecule has 0 amide bonds. The van der Waals surface area contributed by atoms with Crippen molar-refractivity contribution in [2.75, 3.05) is 0 Å². The van der Waals surface area contributed by atoms with Crippen LogP contribution in [0.4, 0.5) is 0 Å². The standard InChI is InChI=1S/C11H6Cl2N2O2S/c12-7-1-3-14-9(5-7)16-11(18)17-10-6-8(13)2-4-15-10/h1-6H. The largest absolute Gasteiger partial charge is 0.398 e. The smallest absolute Gasteiger partial charge is 0.366 e. The maximum Gasteiger partial charge on any atom is 0.366 e. The van der Waals surface area contributed by atoms with Gasteiger partial charge in [-0.25, -0.2) is 9.97 Å². The van der Waals surface area contributed by atoms with Crippen LogP contribution in [0.25, 0.3) is 0 Å². The van der Waals surface area contributed by atoms with Crippen molar-refractivity contribution in [1.29, 1.82) is 0 Å². The molecule has 0 bridgehead atoms. The first-order valence-electron chi connectivity index (χ1n) is 4.76. The zero-order valence-electron chi connectivity index (χ0n) is 8.84. The van der Waals surface area contributed by atoms with Crippen molar-refractivity contribution in [3.63, 3.8) is 0 Å². The van der Waals surface area contributed by atoms with Gasteiger partial charge >= 0.3 is 5.24 Å². The van der Waals surface area contributed by atoms with E-state index in [1.54, 1.807) is 12.1 Å². The maximum atomic E-state index is 5.78. The van der Waals surface area contributed by atoms with E-state index in [0.29, 0.717) is 10.0 Å². The average Bonchev–Trinajstić information content (AvgIpc) is 2.28. The van der Waals surface area contributed by atoms with Crippen LogP contribution in [0, 0.1) is 0 Å². The molecule has 0 aliphatic rings. The molecule has 0 saturated carbocycles. The zero-order chi connectivity index (χ0) is 13.0. The molecule has 0 fully saturated rings. The molecular weight excluding hydrogens is 295 g/mol. The topological polar surface area (TPSA) is 44.2 Å². The van der Waals surface area contributed by atoms with Crippen LogP contribution < -0.4 is 9.47 Å². The van der Waals surface area contributed by atoms with Crippen LogP contribution in [0.1, 0.15) is 0 Å². The Kier molecular flexibility index (Phi) is 4.30. The highest BCUT2D eigenvalue weighted by Crippen LogP contribution is 2.17. The molecule has 0 spiro atoms. The van der Waals surface area contributed by atoms with Crippen molar-refractivity contribution in [1.82, 2.24) is 9.97 Å². The van der Waals surface area contributed by atoms with Crippen molar-refractivity contribution >= 4 is 40.7 Å². The highest BCUT2D eigenvalue weighted by Gasteiger charge is 2.06. The van der Waals surface area contributed by atoms with E-state index >= 15 is 0 Å². The molecule has 0 unspecified atom stereocenters. The Hall–Kier alpha value is -1.43. The van der Waals surface area contributed by atoms with Crippen LogP contribution in [-0.4, -0.2) is 15.2 Å². The Bertz CT molecular complexity index is 531. The third-order valence-electron chi connectivity index (χ3n) is 1.77. The molecular formula is C11H6Cl2N2O2S. The Labute approximate surface area is 118 Å². The summed E-state index contributed by atoms with van der Waals surface area (Å²) in [4.78, 5) is 7.84. The lowest BCUT2D eigenvalue weighted by Crippen LogP contribution is -2.14. The summed E-state index contributed by atoms with van der Waals surface area (Å²) in [6.07, 6.45) is 3.00. The number of halogens is 2. The van der Waals surface area contributed by atoms with Crippen LogP contribution in [-0.2, 0) is 0 Å². The van der Waals surface area contributed by atoms with Crippen molar-refractivity contribution in [3.8, 4) is 11.8 Å². The Morgan fingerprint density at radius 2 is 1.39 bits per heavy atom. The lowest BCUT2D eigenvalue weighted by molar-refractivity contribution is 0.386. The van der Waals surface area contributed by atoms with Gasteiger partial charge in [-0.2, -0.15) is 0 Å². The number of nitrogens with zero attached hydrogens (tertiary/aromatic N) is 2. The second-order valence-corrected chi connectivity index (χ2v) is 4.28. The molecule has 2 heterocycles. The molecule has 0 aliphatic heterocycles. The van der Waals surface area contributed by atoms with Crippen LogP contribution in [0.15, 0.2) is 36.7 Å². The lowest BCUT2D eigenvalue weighted by Gasteiger charge is -2.06. The molecule has 0 saturated heterocycles. The van der Waals surface area contributed by atoms with Gasteiger partial charge in [0.1, 0.15) is 0 Å². The van der Waals surface area contributed by atoms with Gasteiger partial charge in [-0.05, 0) is 12.1 Å². The van der Waals surface area contributed by atoms with E-state index in [1.165, 1.54) is 24.5 Å². The molecule has 2 aromatic heterocycles. The normalized spacial score (nSPS) is 9.89. The minimum atomic E-state index is -0.139. The van der Waals surface area contributed by atoms with Crippen LogP contribution in [0.3, 0.4) is 0 Å². The summed E-state index contributed by atoms with van der Waals surface area (Å²) in [5.74, 6) is 0.490. The number of pyridine rings is 2. The first kappa shape index (κ1) is 13.0. The predicted molar refractivity (Wildman–Crippen MR) is 72.3 cm³/mol. The van der Waals surface area contributed by atoms with Gasteiger partial charge < -0.3 is 9.47 Å². The number of ether oxygens (including phenoxy) is 2. The zero-order valence-corrected chi connectivity index (χ0v) is 11.2. The van der Waals surface area contributed by atoms with Gasteiger partial charge in [0.25, 0.3) is 0 Å². The summed E-state index contributed by atoms with van der Waals surface area (Å²) < 4.78 is 10.3. The lowest BCUT2D eigenvalue weighted by atomic mass is 10.5. The molecule has 0 atom stereocenters. The fourth-order valence-electron chi connectivity index (χ4n) is 1.07. The third-order valence-corrected chi connectivity index (χ3v) is 2.41. The minimum absolute atomic E-state index is 0.139. The van der Waals surface area contributed by atoms with Gasteiger partial charge in [0, 0.05) is 46.8 Å². The molecule has 7 heteroatoms. The van der Waals surface area contributed by atoms with Crippen LogP contribution >= 0.6 is 35.4 Å². The van der Waals surface area contributed by atoms with E-state index in [9.17, 15) is 0 Å². The van der Waals surface area contributed by atoms with Crippen molar-refractivity contribution in [2.24, 2.45) is 0 Å². The fraction of sp³-hybridized carbons (Fsp3) is 0. The minimum Gasteiger partial charge on any atom is -0.398 e. The molecule has 2 rings (SSSR count). The summed E-state index contributed by atoms with van der Waals surface area (Å²) in [6, 6.07) is 6.28. The van der Waals surface area contributed by atoms with Crippen molar-refractivity contribution < 1.29 is 9.47 Å². The first-order chi connectivity index (χ1) is 8.63. The number of aromatic nitrogens is 2. The van der Waals surface area contributed by atoms with E-state index < -0.39 is 0 Å². The molecule has 0 aromatic carbocycles. The quantitative estimate of drug-likeness (QED) is 0.794. The maximum absolute atomic E-state index is 5.78. The van der Waals surface area contributed by atoms with Gasteiger partial charge in [0.05, 0.1) is 0 Å². The summed E-state index contributed by atoms with van der Waals surface area (Å²) >= 11 is 16.4. The molecule has 0 N–H and O–H groups in total. The van der Waals surface area contributed by atoms with E-state index in [2.05, 4.69) is 9.97 Å². The second-order valence-electron chi connectivity index (χ2n) is 3.08. The molecule has 2 aromatic rings. The van der Waals surface area contributed by atoms with Crippen molar-refractivity contribution in [3.05, 3.63) is 46.7 Å². The van der Waals surface area contributed by atoms with E-state index in [1.807, 2.05) is 0 Å². The average molecular weight is 301 g/mol. The summed E-state index contributed by atoms with van der Waals surface area (Å²) in [7, 11) is 0. The van der Waals surface area contributed by atoms with E-state index in [0.717, 1.165) is 0 Å². The number of thiocarbonyl (C=S) groups is 1. The monoisotopic (exact) mass is 300 g/mol. The van der Waals surface area contributed by atoms with Crippen LogP contribution in [0.5, 0.6) is 11.8 Å². The van der Waals surface area contributed by atoms with Gasteiger partial charge in [-0.1, -0.05) is 23.2 Å². The first-order valence-corrected chi connectivity index (χ1v) is 5.93. The van der Waals surface area contributed by atoms with E-state index in [-0.39, 0.29) is 17.0 Å². The number of hydrogen-bond donors (Lipinski definition) is 0. The number of rotatable bonds is 2. The third kappa shape index (κ3) is 3.80. The van der Waals surface area contributed by atoms with Gasteiger partial charge in [-0.15, -0.1) is 0 Å². The van der Waals surface area contributed by atoms with Gasteiger partial charge in [-0.3, -0.25) is 0 Å². The van der Waals surface area contributed by atoms with Gasteiger partial charge in [0.15, 0.2) is 0 Å². The second kappa shape index (κ2) is 5.95. The Morgan fingerprint density at radius 3 is 1.78 bits per heavy atom. The Balaban J connectivity index is 2.01. The van der Waals surface area contributed by atoms with Gasteiger partial charge in [0.2, 0.25) is 11.8 Å². The predicted octanol–water partition coefficient (Wildman–Crippen LogP) is 3.53. The van der Waals surface area contributed by atoms with Crippen molar-refractivity contribution in [2.45, 2.75) is 0 Å². The summed E-state index contributed by atoms with van der Waals surface area (Å²) in [5.41, 5.74) is 0. The summed E-state index contributed by atoms with van der Waals surface area (Å²) in [6.45, 7) is 0. The molecule has 18 heavy (non-hydrogen) atoms. The Morgan fingerprint density at radius 1 is 0.944 bits per heavy atom. The number of hydrogen-bond acceptors (Lipinski definition) is 5.